The maximum absolute atomic E-state index is 12.3. The number of hydrogen-bond donors (Lipinski definition) is 2. The first kappa shape index (κ1) is 10.6. The molecule has 1 aliphatic carbocycles. The molecule has 1 fully saturated rings. The second kappa shape index (κ2) is 3.94. The van der Waals surface area contributed by atoms with E-state index in [0.717, 1.165) is 25.1 Å². The molecule has 0 amide bonds. The molecule has 0 aromatic heterocycles. The van der Waals surface area contributed by atoms with Gasteiger partial charge in [0.25, 0.3) is 0 Å². The first-order chi connectivity index (χ1) is 7.12. The summed E-state index contributed by atoms with van der Waals surface area (Å²) in [5.41, 5.74) is 0.853. The maximum atomic E-state index is 12.3. The summed E-state index contributed by atoms with van der Waals surface area (Å²) in [5, 5.41) is 18.9. The monoisotopic (exact) mass is 213 g/mol. The van der Waals surface area contributed by atoms with E-state index in [2.05, 4.69) is 0 Å². The molecule has 0 aromatic carbocycles. The van der Waals surface area contributed by atoms with Crippen LogP contribution in [0.2, 0.25) is 0 Å². The van der Waals surface area contributed by atoms with Crippen molar-refractivity contribution < 1.29 is 14.6 Å². The van der Waals surface area contributed by atoms with Crippen molar-refractivity contribution in [3.05, 3.63) is 23.9 Å². The summed E-state index contributed by atoms with van der Waals surface area (Å²) in [4.78, 5) is 1.90. The lowest BCUT2D eigenvalue weighted by Crippen LogP contribution is -2.39. The van der Waals surface area contributed by atoms with E-state index in [1.54, 1.807) is 6.08 Å². The highest BCUT2D eigenvalue weighted by Gasteiger charge is 2.30. The van der Waals surface area contributed by atoms with Crippen LogP contribution in [-0.2, 0) is 0 Å². The quantitative estimate of drug-likeness (QED) is 0.527. The Labute approximate surface area is 88.5 Å². The Hall–Kier alpha value is -0.870. The smallest absolute Gasteiger partial charge is 0.204 e. The molecule has 0 aromatic rings. The average Bonchev–Trinajstić information content (AvgIpc) is 2.18. The van der Waals surface area contributed by atoms with Gasteiger partial charge < -0.3 is 15.1 Å². The number of alkyl halides is 1. The zero-order valence-electron chi connectivity index (χ0n) is 8.56. The lowest BCUT2D eigenvalue weighted by molar-refractivity contribution is -0.0787. The van der Waals surface area contributed by atoms with E-state index in [4.69, 9.17) is 0 Å². The van der Waals surface area contributed by atoms with E-state index in [-0.39, 0.29) is 5.92 Å². The Balaban J connectivity index is 2.20. The predicted octanol–water partition coefficient (Wildman–Crippen LogP) is 0.802. The van der Waals surface area contributed by atoms with Crippen LogP contribution in [-0.4, -0.2) is 40.7 Å². The van der Waals surface area contributed by atoms with Gasteiger partial charge in [0.2, 0.25) is 5.79 Å². The van der Waals surface area contributed by atoms with E-state index in [9.17, 15) is 14.6 Å². The van der Waals surface area contributed by atoms with Crippen molar-refractivity contribution in [3.8, 4) is 0 Å². The zero-order chi connectivity index (χ0) is 10.9. The van der Waals surface area contributed by atoms with Gasteiger partial charge in [0, 0.05) is 24.7 Å². The van der Waals surface area contributed by atoms with E-state index in [0.29, 0.717) is 6.54 Å². The van der Waals surface area contributed by atoms with Gasteiger partial charge >= 0.3 is 0 Å². The minimum Gasteiger partial charge on any atom is -0.372 e. The molecule has 1 saturated heterocycles. The third-order valence-corrected chi connectivity index (χ3v) is 2.98. The van der Waals surface area contributed by atoms with Crippen molar-refractivity contribution in [1.29, 1.82) is 0 Å². The average molecular weight is 213 g/mol. The molecular weight excluding hydrogens is 197 g/mol. The zero-order valence-corrected chi connectivity index (χ0v) is 8.56. The van der Waals surface area contributed by atoms with Crippen molar-refractivity contribution in [2.24, 2.45) is 5.92 Å². The second-order valence-electron chi connectivity index (χ2n) is 4.14. The molecule has 4 heteroatoms. The third kappa shape index (κ3) is 2.21. The standard InChI is InChI=1S/C11H16FNO2/c12-5-7-13-6-1-2-9-3-4-11(14,15)8-10(9)13/h3-4,8-9,14-15H,1-2,5-7H2. The fourth-order valence-corrected chi connectivity index (χ4v) is 2.27. The van der Waals surface area contributed by atoms with Crippen molar-refractivity contribution in [2.45, 2.75) is 18.6 Å². The number of fused-ring (bicyclic) bond motifs is 1. The van der Waals surface area contributed by atoms with Crippen LogP contribution >= 0.6 is 0 Å². The van der Waals surface area contributed by atoms with Crippen molar-refractivity contribution >= 4 is 0 Å². The highest BCUT2D eigenvalue weighted by atomic mass is 19.1. The lowest BCUT2D eigenvalue weighted by atomic mass is 9.88. The predicted molar refractivity (Wildman–Crippen MR) is 54.7 cm³/mol. The molecule has 1 heterocycles. The molecule has 1 aliphatic heterocycles. The van der Waals surface area contributed by atoms with E-state index in [1.807, 2.05) is 4.90 Å². The summed E-state index contributed by atoms with van der Waals surface area (Å²) in [5.74, 6) is -1.64. The van der Waals surface area contributed by atoms with Crippen molar-refractivity contribution in [3.63, 3.8) is 0 Å². The summed E-state index contributed by atoms with van der Waals surface area (Å²) < 4.78 is 12.3. The molecule has 2 aliphatic rings. The van der Waals surface area contributed by atoms with Crippen LogP contribution in [0.4, 0.5) is 4.39 Å². The first-order valence-corrected chi connectivity index (χ1v) is 5.30. The molecule has 84 valence electrons. The van der Waals surface area contributed by atoms with Gasteiger partial charge in [0.15, 0.2) is 0 Å². The third-order valence-electron chi connectivity index (χ3n) is 2.98. The SMILES string of the molecule is OC1(O)C=CC2CCCN(CCF)C2=C1. The normalized spacial score (nSPS) is 28.6. The van der Waals surface area contributed by atoms with Crippen LogP contribution in [0.25, 0.3) is 0 Å². The summed E-state index contributed by atoms with van der Waals surface area (Å²) in [6, 6.07) is 0. The number of halogens is 1. The molecule has 2 rings (SSSR count). The molecular formula is C11H16FNO2. The van der Waals surface area contributed by atoms with Crippen LogP contribution in [0.5, 0.6) is 0 Å². The fraction of sp³-hybridized carbons (Fsp3) is 0.636. The van der Waals surface area contributed by atoms with Gasteiger partial charge in [-0.3, -0.25) is 0 Å². The number of rotatable bonds is 2. The minimum atomic E-state index is -1.86. The van der Waals surface area contributed by atoms with Gasteiger partial charge in [-0.2, -0.15) is 0 Å². The Morgan fingerprint density at radius 2 is 2.33 bits per heavy atom. The number of aliphatic hydroxyl groups is 2. The molecule has 1 unspecified atom stereocenters. The van der Waals surface area contributed by atoms with Crippen LogP contribution < -0.4 is 0 Å². The molecule has 0 radical (unpaired) electrons. The summed E-state index contributed by atoms with van der Waals surface area (Å²) in [6.45, 7) is 0.736. The second-order valence-corrected chi connectivity index (χ2v) is 4.14. The molecule has 15 heavy (non-hydrogen) atoms. The van der Waals surface area contributed by atoms with Crippen LogP contribution in [0.1, 0.15) is 12.8 Å². The maximum Gasteiger partial charge on any atom is 0.204 e. The highest BCUT2D eigenvalue weighted by molar-refractivity contribution is 5.26. The number of hydrogen-bond acceptors (Lipinski definition) is 3. The first-order valence-electron chi connectivity index (χ1n) is 5.30. The summed E-state index contributed by atoms with van der Waals surface area (Å²) in [6.07, 6.45) is 6.64. The molecule has 0 bridgehead atoms. The Morgan fingerprint density at radius 1 is 1.53 bits per heavy atom. The summed E-state index contributed by atoms with van der Waals surface area (Å²) >= 11 is 0. The van der Waals surface area contributed by atoms with Crippen molar-refractivity contribution in [2.75, 3.05) is 19.8 Å². The minimum absolute atomic E-state index is 0.220. The fourth-order valence-electron chi connectivity index (χ4n) is 2.27. The van der Waals surface area contributed by atoms with E-state index in [1.165, 1.54) is 12.2 Å². The van der Waals surface area contributed by atoms with Crippen LogP contribution in [0, 0.1) is 5.92 Å². The number of piperidine rings is 1. The van der Waals surface area contributed by atoms with Crippen molar-refractivity contribution in [1.82, 2.24) is 4.90 Å². The molecule has 0 saturated carbocycles. The van der Waals surface area contributed by atoms with Gasteiger partial charge in [-0.1, -0.05) is 6.08 Å². The Morgan fingerprint density at radius 3 is 3.07 bits per heavy atom. The topological polar surface area (TPSA) is 43.7 Å². The van der Waals surface area contributed by atoms with Gasteiger partial charge in [0.1, 0.15) is 6.67 Å². The van der Waals surface area contributed by atoms with Crippen LogP contribution in [0.15, 0.2) is 23.9 Å². The molecule has 2 N–H and O–H groups in total. The highest BCUT2D eigenvalue weighted by Crippen LogP contribution is 2.33. The number of nitrogens with zero attached hydrogens (tertiary/aromatic N) is 1. The molecule has 0 spiro atoms. The van der Waals surface area contributed by atoms with Gasteiger partial charge in [-0.05, 0) is 25.0 Å². The summed E-state index contributed by atoms with van der Waals surface area (Å²) in [7, 11) is 0. The number of allylic oxidation sites excluding steroid dienone is 1. The lowest BCUT2D eigenvalue weighted by Gasteiger charge is -2.38. The van der Waals surface area contributed by atoms with Gasteiger partial charge in [0.05, 0.1) is 0 Å². The Bertz CT molecular complexity index is 297. The van der Waals surface area contributed by atoms with E-state index >= 15 is 0 Å². The van der Waals surface area contributed by atoms with Crippen LogP contribution in [0.3, 0.4) is 0 Å². The van der Waals surface area contributed by atoms with Gasteiger partial charge in [-0.15, -0.1) is 0 Å². The molecule has 3 nitrogen and oxygen atoms in total. The largest absolute Gasteiger partial charge is 0.372 e. The molecule has 1 atom stereocenters. The Kier molecular flexibility index (Phi) is 2.80. The van der Waals surface area contributed by atoms with E-state index < -0.39 is 12.5 Å². The number of likely N-dealkylation sites (tertiary alicyclic amines) is 1. The van der Waals surface area contributed by atoms with Gasteiger partial charge in [-0.25, -0.2) is 4.39 Å².